The van der Waals surface area contributed by atoms with Gasteiger partial charge in [-0.05, 0) is 42.2 Å². The summed E-state index contributed by atoms with van der Waals surface area (Å²) >= 11 is 10.2. The maximum absolute atomic E-state index is 4.98. The monoisotopic (exact) mass is 362 g/mol. The van der Waals surface area contributed by atoms with Gasteiger partial charge in [-0.2, -0.15) is 0 Å². The first-order valence-electron chi connectivity index (χ1n) is 6.82. The van der Waals surface area contributed by atoms with Gasteiger partial charge in [-0.25, -0.2) is 4.98 Å². The SMILES string of the molecule is CCSc1nc2ccccc2s1.S=c1[nH]c2ccccc2s1. The Morgan fingerprint density at radius 1 is 1.05 bits per heavy atom. The molecule has 0 radical (unpaired) electrons. The topological polar surface area (TPSA) is 28.7 Å². The Kier molecular flexibility index (Phi) is 5.25. The van der Waals surface area contributed by atoms with Gasteiger partial charge >= 0.3 is 0 Å². The van der Waals surface area contributed by atoms with Gasteiger partial charge < -0.3 is 4.98 Å². The molecule has 0 saturated carbocycles. The predicted octanol–water partition coefficient (Wildman–Crippen LogP) is 6.37. The van der Waals surface area contributed by atoms with Gasteiger partial charge in [0, 0.05) is 0 Å². The first-order valence-corrected chi connectivity index (χ1v) is 9.85. The number of hydrogen-bond acceptors (Lipinski definition) is 5. The van der Waals surface area contributed by atoms with Crippen LogP contribution in [0, 0.1) is 3.95 Å². The van der Waals surface area contributed by atoms with Gasteiger partial charge in [0.05, 0.1) is 20.4 Å². The van der Waals surface area contributed by atoms with E-state index in [1.165, 1.54) is 13.7 Å². The van der Waals surface area contributed by atoms with E-state index >= 15 is 0 Å². The van der Waals surface area contributed by atoms with Crippen molar-refractivity contribution in [3.63, 3.8) is 0 Å². The zero-order chi connectivity index (χ0) is 15.4. The minimum absolute atomic E-state index is 0.848. The van der Waals surface area contributed by atoms with Gasteiger partial charge in [0.1, 0.15) is 0 Å². The normalized spacial score (nSPS) is 10.6. The summed E-state index contributed by atoms with van der Waals surface area (Å²) < 4.78 is 4.54. The number of aromatic amines is 1. The molecule has 0 aliphatic heterocycles. The lowest BCUT2D eigenvalue weighted by Gasteiger charge is -1.84. The molecule has 0 amide bonds. The van der Waals surface area contributed by atoms with Gasteiger partial charge in [-0.3, -0.25) is 0 Å². The number of benzene rings is 2. The van der Waals surface area contributed by atoms with Crippen LogP contribution in [-0.4, -0.2) is 15.7 Å². The highest BCUT2D eigenvalue weighted by Crippen LogP contribution is 2.28. The first kappa shape index (κ1) is 15.7. The Hall–Kier alpha value is -1.21. The van der Waals surface area contributed by atoms with Gasteiger partial charge in [-0.15, -0.1) is 22.7 Å². The lowest BCUT2D eigenvalue weighted by molar-refractivity contribution is 1.30. The van der Waals surface area contributed by atoms with E-state index < -0.39 is 0 Å². The lowest BCUT2D eigenvalue weighted by Crippen LogP contribution is -1.68. The summed E-state index contributed by atoms with van der Waals surface area (Å²) in [6.45, 7) is 2.15. The van der Waals surface area contributed by atoms with Crippen molar-refractivity contribution >= 4 is 67.1 Å². The summed E-state index contributed by atoms with van der Waals surface area (Å²) in [6.07, 6.45) is 0. The van der Waals surface area contributed by atoms with Crippen LogP contribution in [0.4, 0.5) is 0 Å². The van der Waals surface area contributed by atoms with E-state index in [0.29, 0.717) is 0 Å². The fourth-order valence-electron chi connectivity index (χ4n) is 1.93. The van der Waals surface area contributed by atoms with Crippen molar-refractivity contribution < 1.29 is 0 Å². The molecule has 0 bridgehead atoms. The van der Waals surface area contributed by atoms with Crippen LogP contribution in [0.2, 0.25) is 0 Å². The van der Waals surface area contributed by atoms with Gasteiger partial charge in [0.15, 0.2) is 8.29 Å². The molecule has 2 nitrogen and oxygen atoms in total. The number of rotatable bonds is 2. The summed E-state index contributed by atoms with van der Waals surface area (Å²) in [4.78, 5) is 7.58. The molecule has 0 aliphatic rings. The number of aromatic nitrogens is 2. The molecule has 1 N–H and O–H groups in total. The average molecular weight is 363 g/mol. The van der Waals surface area contributed by atoms with E-state index in [0.717, 1.165) is 20.7 Å². The van der Waals surface area contributed by atoms with Gasteiger partial charge in [-0.1, -0.05) is 43.0 Å². The predicted molar refractivity (Wildman–Crippen MR) is 103 cm³/mol. The van der Waals surface area contributed by atoms with E-state index in [2.05, 4.69) is 41.2 Å². The molecule has 0 saturated heterocycles. The van der Waals surface area contributed by atoms with E-state index in [4.69, 9.17) is 12.2 Å². The molecule has 2 heterocycles. The zero-order valence-electron chi connectivity index (χ0n) is 11.9. The van der Waals surface area contributed by atoms with Crippen LogP contribution in [0.15, 0.2) is 52.9 Å². The van der Waals surface area contributed by atoms with Crippen LogP contribution in [-0.2, 0) is 0 Å². The van der Waals surface area contributed by atoms with E-state index in [1.54, 1.807) is 22.7 Å². The number of fused-ring (bicyclic) bond motifs is 2. The van der Waals surface area contributed by atoms with Crippen molar-refractivity contribution in [2.45, 2.75) is 11.3 Å². The van der Waals surface area contributed by atoms with Crippen LogP contribution < -0.4 is 0 Å². The minimum Gasteiger partial charge on any atom is -0.337 e. The fraction of sp³-hybridized carbons (Fsp3) is 0.125. The molecule has 0 fully saturated rings. The van der Waals surface area contributed by atoms with Gasteiger partial charge in [0.2, 0.25) is 0 Å². The van der Waals surface area contributed by atoms with Crippen LogP contribution in [0.3, 0.4) is 0 Å². The van der Waals surface area contributed by atoms with Crippen molar-refractivity contribution in [1.29, 1.82) is 0 Å². The number of para-hydroxylation sites is 2. The van der Waals surface area contributed by atoms with Gasteiger partial charge in [0.25, 0.3) is 0 Å². The largest absolute Gasteiger partial charge is 0.337 e. The van der Waals surface area contributed by atoms with Crippen LogP contribution in [0.25, 0.3) is 20.4 Å². The van der Waals surface area contributed by atoms with Crippen LogP contribution in [0.1, 0.15) is 6.92 Å². The summed E-state index contributed by atoms with van der Waals surface area (Å²) in [5.74, 6) is 1.10. The lowest BCUT2D eigenvalue weighted by atomic mass is 10.3. The Bertz CT molecular complexity index is 867. The second kappa shape index (κ2) is 7.37. The third kappa shape index (κ3) is 3.76. The number of hydrogen-bond donors (Lipinski definition) is 1. The molecule has 0 aliphatic carbocycles. The number of thioether (sulfide) groups is 1. The van der Waals surface area contributed by atoms with Crippen molar-refractivity contribution in [1.82, 2.24) is 9.97 Å². The summed E-state index contributed by atoms with van der Waals surface area (Å²) in [5.41, 5.74) is 2.26. The summed E-state index contributed by atoms with van der Waals surface area (Å²) in [7, 11) is 0. The molecule has 2 aromatic carbocycles. The smallest absolute Gasteiger partial charge is 0.159 e. The Morgan fingerprint density at radius 2 is 1.77 bits per heavy atom. The number of nitrogens with zero attached hydrogens (tertiary/aromatic N) is 1. The highest BCUT2D eigenvalue weighted by atomic mass is 32.2. The summed E-state index contributed by atoms with van der Waals surface area (Å²) in [5, 5.41) is 0. The number of thiazole rings is 2. The minimum atomic E-state index is 0.848. The molecule has 6 heteroatoms. The maximum atomic E-state index is 4.98. The second-order valence-electron chi connectivity index (χ2n) is 4.39. The molecule has 0 atom stereocenters. The standard InChI is InChI=1S/C9H9NS2.C7H5NS2/c1-2-11-9-10-7-5-3-4-6-8(7)12-9;9-7-8-5-3-1-2-4-6(5)10-7/h3-6H,2H2,1H3;1-4H,(H,8,9). The Morgan fingerprint density at radius 3 is 2.50 bits per heavy atom. The summed E-state index contributed by atoms with van der Waals surface area (Å²) in [6, 6.07) is 16.4. The maximum Gasteiger partial charge on any atom is 0.159 e. The van der Waals surface area contributed by atoms with E-state index in [1.807, 2.05) is 36.0 Å². The Balaban J connectivity index is 0.000000133. The van der Waals surface area contributed by atoms with Crippen LogP contribution >= 0.6 is 46.7 Å². The first-order chi connectivity index (χ1) is 10.8. The van der Waals surface area contributed by atoms with Crippen molar-refractivity contribution in [2.75, 3.05) is 5.75 Å². The molecule has 22 heavy (non-hydrogen) atoms. The third-order valence-electron chi connectivity index (χ3n) is 2.87. The van der Waals surface area contributed by atoms with Crippen molar-refractivity contribution in [2.24, 2.45) is 0 Å². The average Bonchev–Trinajstić information content (AvgIpc) is 3.09. The second-order valence-corrected chi connectivity index (χ2v) is 8.65. The molecule has 112 valence electrons. The third-order valence-corrected chi connectivity index (χ3v) is 6.15. The Labute approximate surface area is 146 Å². The van der Waals surface area contributed by atoms with Crippen molar-refractivity contribution in [3.8, 4) is 0 Å². The number of nitrogens with one attached hydrogen (secondary N) is 1. The molecule has 4 rings (SSSR count). The quantitative estimate of drug-likeness (QED) is 0.332. The van der Waals surface area contributed by atoms with E-state index in [-0.39, 0.29) is 0 Å². The zero-order valence-corrected chi connectivity index (χ0v) is 15.2. The van der Waals surface area contributed by atoms with E-state index in [9.17, 15) is 0 Å². The van der Waals surface area contributed by atoms with Crippen LogP contribution in [0.5, 0.6) is 0 Å². The molecule has 4 aromatic rings. The van der Waals surface area contributed by atoms with Crippen molar-refractivity contribution in [3.05, 3.63) is 52.5 Å². The number of H-pyrrole nitrogens is 1. The molecular formula is C16H14N2S4. The molecule has 0 spiro atoms. The highest BCUT2D eigenvalue weighted by molar-refractivity contribution is 8.01. The molecule has 2 aromatic heterocycles. The highest BCUT2D eigenvalue weighted by Gasteiger charge is 2.00. The molecule has 0 unspecified atom stereocenters. The fourth-order valence-corrected chi connectivity index (χ4v) is 5.01. The molecular weight excluding hydrogens is 348 g/mol.